The standard InChI is InChI=1S/C9H17O2/c1-9(11-8-7-10)5-3-2-4-6-9/h2,10H,3-8H2,1H3. The third-order valence-electron chi connectivity index (χ3n) is 2.30. The highest BCUT2D eigenvalue weighted by atomic mass is 16.5. The van der Waals surface area contributed by atoms with Crippen LogP contribution >= 0.6 is 0 Å². The van der Waals surface area contributed by atoms with E-state index in [-0.39, 0.29) is 12.2 Å². The second-order valence-corrected chi connectivity index (χ2v) is 3.39. The lowest BCUT2D eigenvalue weighted by molar-refractivity contribution is -0.0620. The number of aliphatic hydroxyl groups is 1. The summed E-state index contributed by atoms with van der Waals surface area (Å²) in [5, 5.41) is 8.58. The van der Waals surface area contributed by atoms with E-state index in [9.17, 15) is 0 Å². The molecule has 0 amide bonds. The van der Waals surface area contributed by atoms with E-state index in [0.29, 0.717) is 6.61 Å². The third kappa shape index (κ3) is 2.80. The minimum atomic E-state index is 0.0392. The minimum Gasteiger partial charge on any atom is -0.394 e. The quantitative estimate of drug-likeness (QED) is 0.673. The summed E-state index contributed by atoms with van der Waals surface area (Å²) in [5.74, 6) is 0. The molecule has 1 radical (unpaired) electrons. The van der Waals surface area contributed by atoms with Crippen LogP contribution in [0.15, 0.2) is 0 Å². The van der Waals surface area contributed by atoms with Gasteiger partial charge in [0.25, 0.3) is 0 Å². The summed E-state index contributed by atoms with van der Waals surface area (Å²) in [6.07, 6.45) is 6.83. The van der Waals surface area contributed by atoms with Gasteiger partial charge in [-0.25, -0.2) is 0 Å². The Kier molecular flexibility index (Phi) is 3.34. The molecule has 0 aliphatic heterocycles. The average molecular weight is 157 g/mol. The lowest BCUT2D eigenvalue weighted by Crippen LogP contribution is -2.32. The van der Waals surface area contributed by atoms with Gasteiger partial charge in [-0.2, -0.15) is 0 Å². The van der Waals surface area contributed by atoms with E-state index in [2.05, 4.69) is 13.3 Å². The lowest BCUT2D eigenvalue weighted by Gasteiger charge is -2.33. The molecule has 1 saturated carbocycles. The van der Waals surface area contributed by atoms with E-state index in [1.54, 1.807) is 0 Å². The van der Waals surface area contributed by atoms with Crippen molar-refractivity contribution in [2.45, 2.75) is 38.2 Å². The summed E-state index contributed by atoms with van der Waals surface area (Å²) >= 11 is 0. The molecule has 1 N–H and O–H groups in total. The Bertz CT molecular complexity index is 106. The van der Waals surface area contributed by atoms with Crippen LogP contribution in [0.5, 0.6) is 0 Å². The molecule has 1 rings (SSSR count). The predicted molar refractivity (Wildman–Crippen MR) is 44.2 cm³/mol. The van der Waals surface area contributed by atoms with Crippen molar-refractivity contribution in [1.29, 1.82) is 0 Å². The fourth-order valence-electron chi connectivity index (χ4n) is 1.52. The fraction of sp³-hybridized carbons (Fsp3) is 0.889. The van der Waals surface area contributed by atoms with E-state index in [1.165, 1.54) is 0 Å². The van der Waals surface area contributed by atoms with Crippen LogP contribution < -0.4 is 0 Å². The maximum absolute atomic E-state index is 8.58. The van der Waals surface area contributed by atoms with Gasteiger partial charge in [-0.3, -0.25) is 0 Å². The molecular weight excluding hydrogens is 140 g/mol. The maximum atomic E-state index is 8.58. The molecule has 0 spiro atoms. The Balaban J connectivity index is 2.25. The highest BCUT2D eigenvalue weighted by Gasteiger charge is 2.26. The highest BCUT2D eigenvalue weighted by Crippen LogP contribution is 2.30. The molecule has 0 aromatic rings. The van der Waals surface area contributed by atoms with Crippen molar-refractivity contribution in [3.8, 4) is 0 Å². The molecule has 0 heterocycles. The number of aliphatic hydroxyl groups excluding tert-OH is 1. The van der Waals surface area contributed by atoms with Crippen molar-refractivity contribution in [2.75, 3.05) is 13.2 Å². The Morgan fingerprint density at radius 2 is 2.09 bits per heavy atom. The van der Waals surface area contributed by atoms with Gasteiger partial charge < -0.3 is 9.84 Å². The molecule has 1 aliphatic carbocycles. The van der Waals surface area contributed by atoms with Crippen LogP contribution in [0.2, 0.25) is 0 Å². The largest absolute Gasteiger partial charge is 0.394 e. The van der Waals surface area contributed by atoms with Crippen LogP contribution in [0.4, 0.5) is 0 Å². The van der Waals surface area contributed by atoms with Gasteiger partial charge in [-0.15, -0.1) is 0 Å². The molecule has 1 aliphatic rings. The Hall–Kier alpha value is -0.0800. The number of hydrogen-bond acceptors (Lipinski definition) is 2. The van der Waals surface area contributed by atoms with Crippen molar-refractivity contribution in [3.63, 3.8) is 0 Å². The van der Waals surface area contributed by atoms with Gasteiger partial charge in [0.1, 0.15) is 0 Å². The maximum Gasteiger partial charge on any atom is 0.0705 e. The molecule has 0 saturated heterocycles. The highest BCUT2D eigenvalue weighted by molar-refractivity contribution is 4.86. The lowest BCUT2D eigenvalue weighted by atomic mass is 9.86. The summed E-state index contributed by atoms with van der Waals surface area (Å²) in [6.45, 7) is 2.76. The van der Waals surface area contributed by atoms with Crippen molar-refractivity contribution in [1.82, 2.24) is 0 Å². The summed E-state index contributed by atoms with van der Waals surface area (Å²) in [4.78, 5) is 0. The van der Waals surface area contributed by atoms with E-state index >= 15 is 0 Å². The van der Waals surface area contributed by atoms with Crippen molar-refractivity contribution in [3.05, 3.63) is 6.42 Å². The summed E-state index contributed by atoms with van der Waals surface area (Å²) in [5.41, 5.74) is 0.0392. The Labute approximate surface area is 68.6 Å². The van der Waals surface area contributed by atoms with Crippen LogP contribution in [0, 0.1) is 6.42 Å². The molecule has 0 aromatic heterocycles. The van der Waals surface area contributed by atoms with Crippen molar-refractivity contribution < 1.29 is 9.84 Å². The first-order valence-corrected chi connectivity index (χ1v) is 4.33. The van der Waals surface area contributed by atoms with Gasteiger partial charge in [0, 0.05) is 0 Å². The first-order valence-electron chi connectivity index (χ1n) is 4.33. The van der Waals surface area contributed by atoms with Crippen LogP contribution in [-0.4, -0.2) is 23.9 Å². The van der Waals surface area contributed by atoms with E-state index < -0.39 is 0 Å². The third-order valence-corrected chi connectivity index (χ3v) is 2.30. The van der Waals surface area contributed by atoms with Gasteiger partial charge in [-0.05, 0) is 39.0 Å². The van der Waals surface area contributed by atoms with Gasteiger partial charge in [0.05, 0.1) is 18.8 Å². The van der Waals surface area contributed by atoms with Gasteiger partial charge in [0.15, 0.2) is 0 Å². The predicted octanol–water partition coefficient (Wildman–Crippen LogP) is 1.53. The van der Waals surface area contributed by atoms with Crippen molar-refractivity contribution >= 4 is 0 Å². The molecule has 0 atom stereocenters. The SMILES string of the molecule is CC1(OCCO)CC[CH]CC1. The zero-order chi connectivity index (χ0) is 8.16. The number of ether oxygens (including phenoxy) is 1. The summed E-state index contributed by atoms with van der Waals surface area (Å²) in [6, 6.07) is 0. The fourth-order valence-corrected chi connectivity index (χ4v) is 1.52. The van der Waals surface area contributed by atoms with Crippen LogP contribution in [-0.2, 0) is 4.74 Å². The molecule has 2 heteroatoms. The van der Waals surface area contributed by atoms with Gasteiger partial charge in [0.2, 0.25) is 0 Å². The summed E-state index contributed by atoms with van der Waals surface area (Å²) in [7, 11) is 0. The van der Waals surface area contributed by atoms with Crippen LogP contribution in [0.25, 0.3) is 0 Å². The Morgan fingerprint density at radius 3 is 2.64 bits per heavy atom. The molecular formula is C9H17O2. The first-order chi connectivity index (χ1) is 5.27. The van der Waals surface area contributed by atoms with Crippen LogP contribution in [0.3, 0.4) is 0 Å². The molecule has 2 nitrogen and oxygen atoms in total. The normalized spacial score (nSPS) is 23.5. The molecule has 1 fully saturated rings. The zero-order valence-electron chi connectivity index (χ0n) is 7.18. The van der Waals surface area contributed by atoms with Crippen LogP contribution in [0.1, 0.15) is 32.6 Å². The second-order valence-electron chi connectivity index (χ2n) is 3.39. The molecule has 11 heavy (non-hydrogen) atoms. The average Bonchev–Trinajstić information content (AvgIpc) is 2.03. The number of rotatable bonds is 3. The van der Waals surface area contributed by atoms with E-state index in [0.717, 1.165) is 25.7 Å². The summed E-state index contributed by atoms with van der Waals surface area (Å²) < 4.78 is 5.55. The smallest absolute Gasteiger partial charge is 0.0705 e. The number of hydrogen-bond donors (Lipinski definition) is 1. The second kappa shape index (κ2) is 4.07. The topological polar surface area (TPSA) is 29.5 Å². The Morgan fingerprint density at radius 1 is 1.45 bits per heavy atom. The molecule has 0 unspecified atom stereocenters. The minimum absolute atomic E-state index is 0.0392. The monoisotopic (exact) mass is 157 g/mol. The van der Waals surface area contributed by atoms with Gasteiger partial charge in [-0.1, -0.05) is 0 Å². The van der Waals surface area contributed by atoms with Gasteiger partial charge >= 0.3 is 0 Å². The van der Waals surface area contributed by atoms with E-state index in [1.807, 2.05) is 0 Å². The molecule has 0 aromatic carbocycles. The molecule has 65 valence electrons. The zero-order valence-corrected chi connectivity index (χ0v) is 7.18. The van der Waals surface area contributed by atoms with Crippen molar-refractivity contribution in [2.24, 2.45) is 0 Å². The molecule has 0 bridgehead atoms. The van der Waals surface area contributed by atoms with E-state index in [4.69, 9.17) is 9.84 Å². The first kappa shape index (κ1) is 9.01.